The van der Waals surface area contributed by atoms with Gasteiger partial charge in [0.25, 0.3) is 5.91 Å². The van der Waals surface area contributed by atoms with Crippen molar-refractivity contribution < 1.29 is 4.79 Å². The maximum absolute atomic E-state index is 12.6. The largest absolute Gasteiger partial charge is 0.357 e. The fourth-order valence-electron chi connectivity index (χ4n) is 3.84. The van der Waals surface area contributed by atoms with Crippen LogP contribution in [0.15, 0.2) is 23.7 Å². The molecule has 1 aliphatic heterocycles. The second-order valence-electron chi connectivity index (χ2n) is 7.30. The first kappa shape index (κ1) is 16.6. The number of carbonyl (C=O) groups is 1. The molecule has 2 aromatic rings. The number of nitrogens with zero attached hydrogens (tertiary/aromatic N) is 2. The minimum atomic E-state index is 0.0617. The van der Waals surface area contributed by atoms with Crippen LogP contribution in [0.25, 0.3) is 0 Å². The molecule has 2 aliphatic rings. The maximum atomic E-state index is 12.6. The van der Waals surface area contributed by atoms with Gasteiger partial charge in [0.05, 0.1) is 5.56 Å². The Balaban J connectivity index is 1.42. The molecule has 1 fully saturated rings. The van der Waals surface area contributed by atoms with Crippen LogP contribution in [0.2, 0.25) is 0 Å². The van der Waals surface area contributed by atoms with E-state index in [1.54, 1.807) is 11.3 Å². The number of nitrogens with one attached hydrogen (secondary N) is 1. The summed E-state index contributed by atoms with van der Waals surface area (Å²) in [5, 5.41) is 5.14. The number of hydrogen-bond acceptors (Lipinski definition) is 4. The molecule has 1 atom stereocenters. The van der Waals surface area contributed by atoms with E-state index < -0.39 is 0 Å². The summed E-state index contributed by atoms with van der Waals surface area (Å²) in [7, 11) is 0. The zero-order valence-electron chi connectivity index (χ0n) is 14.8. The van der Waals surface area contributed by atoms with Crippen molar-refractivity contribution in [2.45, 2.75) is 45.6 Å². The number of thiophene rings is 1. The van der Waals surface area contributed by atoms with E-state index >= 15 is 0 Å². The molecule has 2 aromatic heterocycles. The van der Waals surface area contributed by atoms with E-state index in [9.17, 15) is 4.79 Å². The Labute approximate surface area is 153 Å². The van der Waals surface area contributed by atoms with Gasteiger partial charge in [-0.15, -0.1) is 11.3 Å². The van der Waals surface area contributed by atoms with Crippen LogP contribution in [0.4, 0.5) is 5.82 Å². The lowest BCUT2D eigenvalue weighted by Crippen LogP contribution is -2.25. The molecule has 4 rings (SSSR count). The number of anilines is 1. The van der Waals surface area contributed by atoms with E-state index in [1.807, 2.05) is 17.6 Å². The van der Waals surface area contributed by atoms with Gasteiger partial charge in [0.1, 0.15) is 5.82 Å². The summed E-state index contributed by atoms with van der Waals surface area (Å²) in [6.07, 6.45) is 7.68. The SMILES string of the molecule is CC1CCc2c(C(=O)NCc3ccnc(N4CCCC4)c3)csc2C1. The highest BCUT2D eigenvalue weighted by molar-refractivity contribution is 7.10. The molecule has 0 radical (unpaired) electrons. The third-order valence-electron chi connectivity index (χ3n) is 5.34. The maximum Gasteiger partial charge on any atom is 0.252 e. The lowest BCUT2D eigenvalue weighted by molar-refractivity contribution is 0.0950. The zero-order chi connectivity index (χ0) is 17.2. The van der Waals surface area contributed by atoms with Crippen LogP contribution in [0.3, 0.4) is 0 Å². The molecule has 25 heavy (non-hydrogen) atoms. The summed E-state index contributed by atoms with van der Waals surface area (Å²) in [5.74, 6) is 1.83. The number of aromatic nitrogens is 1. The van der Waals surface area contributed by atoms with Gasteiger partial charge >= 0.3 is 0 Å². The van der Waals surface area contributed by atoms with E-state index in [2.05, 4.69) is 28.2 Å². The summed E-state index contributed by atoms with van der Waals surface area (Å²) in [6.45, 7) is 5.03. The Hall–Kier alpha value is -1.88. The van der Waals surface area contributed by atoms with Crippen molar-refractivity contribution in [3.63, 3.8) is 0 Å². The summed E-state index contributed by atoms with van der Waals surface area (Å²) < 4.78 is 0. The first-order chi connectivity index (χ1) is 12.2. The predicted octanol–water partition coefficient (Wildman–Crippen LogP) is 3.80. The van der Waals surface area contributed by atoms with Gasteiger partial charge in [-0.05, 0) is 61.3 Å². The van der Waals surface area contributed by atoms with Gasteiger partial charge in [-0.3, -0.25) is 4.79 Å². The zero-order valence-corrected chi connectivity index (χ0v) is 15.6. The Morgan fingerprint density at radius 1 is 1.40 bits per heavy atom. The van der Waals surface area contributed by atoms with Crippen molar-refractivity contribution >= 4 is 23.1 Å². The topological polar surface area (TPSA) is 45.2 Å². The molecule has 132 valence electrons. The summed E-state index contributed by atoms with van der Waals surface area (Å²) in [4.78, 5) is 20.8. The van der Waals surface area contributed by atoms with Crippen molar-refractivity contribution in [2.24, 2.45) is 5.92 Å². The number of rotatable bonds is 4. The van der Waals surface area contributed by atoms with Gasteiger partial charge in [0.2, 0.25) is 0 Å². The number of amides is 1. The molecule has 0 spiro atoms. The molecule has 0 saturated carbocycles. The quantitative estimate of drug-likeness (QED) is 0.907. The lowest BCUT2D eigenvalue weighted by Gasteiger charge is -2.19. The molecular weight excluding hydrogens is 330 g/mol. The second kappa shape index (κ2) is 7.16. The van der Waals surface area contributed by atoms with E-state index in [1.165, 1.54) is 29.7 Å². The fraction of sp³-hybridized carbons (Fsp3) is 0.500. The van der Waals surface area contributed by atoms with Crippen molar-refractivity contribution in [1.82, 2.24) is 10.3 Å². The van der Waals surface area contributed by atoms with Crippen molar-refractivity contribution in [3.05, 3.63) is 45.3 Å². The van der Waals surface area contributed by atoms with Gasteiger partial charge in [-0.2, -0.15) is 0 Å². The number of hydrogen-bond donors (Lipinski definition) is 1. The fourth-order valence-corrected chi connectivity index (χ4v) is 5.08. The highest BCUT2D eigenvalue weighted by Crippen LogP contribution is 2.32. The monoisotopic (exact) mass is 355 g/mol. The summed E-state index contributed by atoms with van der Waals surface area (Å²) in [5.41, 5.74) is 3.29. The minimum Gasteiger partial charge on any atom is -0.357 e. The van der Waals surface area contributed by atoms with Crippen LogP contribution in [0, 0.1) is 5.92 Å². The lowest BCUT2D eigenvalue weighted by atomic mass is 9.88. The van der Waals surface area contributed by atoms with E-state index in [0.29, 0.717) is 6.54 Å². The Kier molecular flexibility index (Phi) is 4.75. The molecule has 3 heterocycles. The molecule has 0 bridgehead atoms. The summed E-state index contributed by atoms with van der Waals surface area (Å²) >= 11 is 1.75. The smallest absolute Gasteiger partial charge is 0.252 e. The van der Waals surface area contributed by atoms with Crippen LogP contribution in [0.1, 0.15) is 52.5 Å². The Morgan fingerprint density at radius 3 is 3.08 bits per heavy atom. The van der Waals surface area contributed by atoms with Crippen LogP contribution < -0.4 is 10.2 Å². The third kappa shape index (κ3) is 3.56. The molecule has 1 N–H and O–H groups in total. The van der Waals surface area contributed by atoms with Gasteiger partial charge in [-0.25, -0.2) is 4.98 Å². The number of fused-ring (bicyclic) bond motifs is 1. The number of carbonyl (C=O) groups excluding carboxylic acids is 1. The van der Waals surface area contributed by atoms with Gasteiger partial charge < -0.3 is 10.2 Å². The third-order valence-corrected chi connectivity index (χ3v) is 6.39. The van der Waals surface area contributed by atoms with Gasteiger partial charge in [-0.1, -0.05) is 6.92 Å². The normalized spacial score (nSPS) is 19.7. The molecule has 1 saturated heterocycles. The average molecular weight is 356 g/mol. The first-order valence-corrected chi connectivity index (χ1v) is 10.2. The summed E-state index contributed by atoms with van der Waals surface area (Å²) in [6, 6.07) is 4.10. The van der Waals surface area contributed by atoms with Crippen molar-refractivity contribution in [1.29, 1.82) is 0 Å². The average Bonchev–Trinajstić information content (AvgIpc) is 3.29. The number of pyridine rings is 1. The van der Waals surface area contributed by atoms with Crippen LogP contribution in [-0.4, -0.2) is 24.0 Å². The van der Waals surface area contributed by atoms with Gasteiger partial charge in [0.15, 0.2) is 0 Å². The van der Waals surface area contributed by atoms with Crippen molar-refractivity contribution in [2.75, 3.05) is 18.0 Å². The van der Waals surface area contributed by atoms with E-state index in [-0.39, 0.29) is 5.91 Å². The first-order valence-electron chi connectivity index (χ1n) is 9.28. The van der Waals surface area contributed by atoms with Crippen molar-refractivity contribution in [3.8, 4) is 0 Å². The molecular formula is C20H25N3OS. The molecule has 1 unspecified atom stereocenters. The van der Waals surface area contributed by atoms with Gasteiger partial charge in [0, 0.05) is 36.1 Å². The van der Waals surface area contributed by atoms with Crippen LogP contribution >= 0.6 is 11.3 Å². The Bertz CT molecular complexity index is 764. The molecule has 1 amide bonds. The molecule has 5 heteroatoms. The Morgan fingerprint density at radius 2 is 2.24 bits per heavy atom. The molecule has 4 nitrogen and oxygen atoms in total. The second-order valence-corrected chi connectivity index (χ2v) is 8.26. The van der Waals surface area contributed by atoms with Crippen LogP contribution in [0.5, 0.6) is 0 Å². The minimum absolute atomic E-state index is 0.0617. The molecule has 1 aliphatic carbocycles. The highest BCUT2D eigenvalue weighted by Gasteiger charge is 2.23. The predicted molar refractivity (Wildman–Crippen MR) is 102 cm³/mol. The highest BCUT2D eigenvalue weighted by atomic mass is 32.1. The van der Waals surface area contributed by atoms with Crippen LogP contribution in [-0.2, 0) is 19.4 Å². The molecule has 0 aromatic carbocycles. The standard InChI is InChI=1S/C20H25N3OS/c1-14-4-5-16-17(13-25-18(16)10-14)20(24)22-12-15-6-7-21-19(11-15)23-8-2-3-9-23/h6-7,11,13-14H,2-5,8-10,12H2,1H3,(H,22,24). The van der Waals surface area contributed by atoms with E-state index in [0.717, 1.165) is 48.8 Å². The van der Waals surface area contributed by atoms with E-state index in [4.69, 9.17) is 0 Å².